The zero-order valence-electron chi connectivity index (χ0n) is 5.52. The SMILES string of the molecule is [CH2]c1ccncc1C(F)(F)F. The number of hydrogen-bond donors (Lipinski definition) is 0. The van der Waals surface area contributed by atoms with E-state index in [4.69, 9.17) is 0 Å². The molecule has 0 bridgehead atoms. The van der Waals surface area contributed by atoms with Crippen LogP contribution in [0.4, 0.5) is 13.2 Å². The van der Waals surface area contributed by atoms with E-state index >= 15 is 0 Å². The lowest BCUT2D eigenvalue weighted by atomic mass is 10.1. The maximum atomic E-state index is 12.0. The summed E-state index contributed by atoms with van der Waals surface area (Å²) in [6.07, 6.45) is -2.30. The monoisotopic (exact) mass is 160 g/mol. The third kappa shape index (κ3) is 1.69. The van der Waals surface area contributed by atoms with Crippen LogP contribution in [0.5, 0.6) is 0 Å². The van der Waals surface area contributed by atoms with E-state index in [-0.39, 0.29) is 5.56 Å². The van der Waals surface area contributed by atoms with Crippen LogP contribution in [0.3, 0.4) is 0 Å². The Labute approximate surface area is 61.9 Å². The first kappa shape index (κ1) is 8.04. The molecule has 59 valence electrons. The second-order valence-electron chi connectivity index (χ2n) is 2.03. The Morgan fingerprint density at radius 2 is 2.00 bits per heavy atom. The average Bonchev–Trinajstić information content (AvgIpc) is 1.86. The van der Waals surface area contributed by atoms with Crippen LogP contribution in [0.1, 0.15) is 11.1 Å². The fourth-order valence-electron chi connectivity index (χ4n) is 0.679. The highest BCUT2D eigenvalue weighted by molar-refractivity contribution is 5.28. The number of hydrogen-bond acceptors (Lipinski definition) is 1. The zero-order chi connectivity index (χ0) is 8.48. The van der Waals surface area contributed by atoms with E-state index in [0.717, 1.165) is 6.20 Å². The fraction of sp³-hybridized carbons (Fsp3) is 0.143. The van der Waals surface area contributed by atoms with Crippen LogP contribution >= 0.6 is 0 Å². The molecule has 0 N–H and O–H groups in total. The second kappa shape index (κ2) is 2.53. The first-order valence-electron chi connectivity index (χ1n) is 2.85. The molecule has 0 atom stereocenters. The summed E-state index contributed by atoms with van der Waals surface area (Å²) in [6, 6.07) is 1.23. The van der Waals surface area contributed by atoms with Crippen molar-refractivity contribution in [1.29, 1.82) is 0 Å². The van der Waals surface area contributed by atoms with Crippen molar-refractivity contribution in [1.82, 2.24) is 4.98 Å². The first-order valence-corrected chi connectivity index (χ1v) is 2.85. The van der Waals surface area contributed by atoms with Gasteiger partial charge >= 0.3 is 6.18 Å². The Hall–Kier alpha value is -1.06. The Bertz CT molecular complexity index is 254. The molecule has 0 aliphatic heterocycles. The van der Waals surface area contributed by atoms with Gasteiger partial charge in [-0.15, -0.1) is 0 Å². The van der Waals surface area contributed by atoms with Crippen molar-refractivity contribution in [2.75, 3.05) is 0 Å². The van der Waals surface area contributed by atoms with Gasteiger partial charge in [0.05, 0.1) is 5.56 Å². The third-order valence-corrected chi connectivity index (χ3v) is 1.22. The maximum Gasteiger partial charge on any atom is 0.418 e. The molecule has 0 spiro atoms. The number of nitrogens with zero attached hydrogens (tertiary/aromatic N) is 1. The summed E-state index contributed by atoms with van der Waals surface area (Å²) in [4.78, 5) is 3.35. The zero-order valence-corrected chi connectivity index (χ0v) is 5.52. The lowest BCUT2D eigenvalue weighted by Crippen LogP contribution is -2.07. The molecule has 1 radical (unpaired) electrons. The third-order valence-electron chi connectivity index (χ3n) is 1.22. The van der Waals surface area contributed by atoms with Gasteiger partial charge in [-0.1, -0.05) is 0 Å². The fourth-order valence-corrected chi connectivity index (χ4v) is 0.679. The van der Waals surface area contributed by atoms with E-state index in [2.05, 4.69) is 11.9 Å². The molecule has 0 aliphatic rings. The molecule has 1 aromatic rings. The minimum atomic E-state index is -4.34. The minimum absolute atomic E-state index is 0.0486. The molecule has 0 unspecified atom stereocenters. The average molecular weight is 160 g/mol. The van der Waals surface area contributed by atoms with Gasteiger partial charge in [0, 0.05) is 12.4 Å². The lowest BCUT2D eigenvalue weighted by Gasteiger charge is -2.07. The van der Waals surface area contributed by atoms with E-state index in [0.29, 0.717) is 0 Å². The van der Waals surface area contributed by atoms with Gasteiger partial charge in [-0.3, -0.25) is 4.98 Å². The predicted octanol–water partition coefficient (Wildman–Crippen LogP) is 2.28. The quantitative estimate of drug-likeness (QED) is 0.567. The van der Waals surface area contributed by atoms with Crippen molar-refractivity contribution in [3.8, 4) is 0 Å². The smallest absolute Gasteiger partial charge is 0.264 e. The van der Waals surface area contributed by atoms with Crippen LogP contribution in [-0.4, -0.2) is 4.98 Å². The molecule has 0 aromatic carbocycles. The number of halogens is 3. The van der Waals surface area contributed by atoms with Gasteiger partial charge in [0.2, 0.25) is 0 Å². The van der Waals surface area contributed by atoms with Crippen LogP contribution in [-0.2, 0) is 6.18 Å². The summed E-state index contributed by atoms with van der Waals surface area (Å²) in [5.74, 6) is 0. The highest BCUT2D eigenvalue weighted by Crippen LogP contribution is 2.30. The Balaban J connectivity index is 3.14. The molecule has 1 heterocycles. The van der Waals surface area contributed by atoms with Crippen molar-refractivity contribution < 1.29 is 13.2 Å². The Kier molecular flexibility index (Phi) is 1.85. The molecule has 0 saturated carbocycles. The molecule has 11 heavy (non-hydrogen) atoms. The molecule has 0 fully saturated rings. The van der Waals surface area contributed by atoms with Gasteiger partial charge in [-0.2, -0.15) is 13.2 Å². The van der Waals surface area contributed by atoms with Crippen LogP contribution in [0.2, 0.25) is 0 Å². The number of aromatic nitrogens is 1. The molecular formula is C7H5F3N. The minimum Gasteiger partial charge on any atom is -0.264 e. The summed E-state index contributed by atoms with van der Waals surface area (Å²) in [5, 5.41) is 0. The largest absolute Gasteiger partial charge is 0.418 e. The summed E-state index contributed by atoms with van der Waals surface area (Å²) < 4.78 is 35.9. The van der Waals surface area contributed by atoms with Crippen LogP contribution in [0.25, 0.3) is 0 Å². The molecule has 0 amide bonds. The number of pyridine rings is 1. The van der Waals surface area contributed by atoms with Gasteiger partial charge < -0.3 is 0 Å². The molecule has 0 aliphatic carbocycles. The maximum absolute atomic E-state index is 12.0. The van der Waals surface area contributed by atoms with Crippen molar-refractivity contribution >= 4 is 0 Å². The van der Waals surface area contributed by atoms with Crippen molar-refractivity contribution in [2.45, 2.75) is 6.18 Å². The number of rotatable bonds is 0. The first-order chi connectivity index (χ1) is 5.02. The van der Waals surface area contributed by atoms with E-state index in [1.54, 1.807) is 0 Å². The topological polar surface area (TPSA) is 12.9 Å². The van der Waals surface area contributed by atoms with Gasteiger partial charge in [-0.05, 0) is 18.6 Å². The molecule has 4 heteroatoms. The van der Waals surface area contributed by atoms with E-state index in [1.165, 1.54) is 12.3 Å². The Morgan fingerprint density at radius 3 is 2.36 bits per heavy atom. The Morgan fingerprint density at radius 1 is 1.36 bits per heavy atom. The highest BCUT2D eigenvalue weighted by atomic mass is 19.4. The van der Waals surface area contributed by atoms with Crippen molar-refractivity contribution in [2.24, 2.45) is 0 Å². The summed E-state index contributed by atoms with van der Waals surface area (Å²) in [6.45, 7) is 3.23. The lowest BCUT2D eigenvalue weighted by molar-refractivity contribution is -0.138. The molecule has 1 nitrogen and oxygen atoms in total. The molecular weight excluding hydrogens is 155 g/mol. The molecule has 0 saturated heterocycles. The van der Waals surface area contributed by atoms with Crippen molar-refractivity contribution in [3.63, 3.8) is 0 Å². The van der Waals surface area contributed by atoms with Gasteiger partial charge in [-0.25, -0.2) is 0 Å². The summed E-state index contributed by atoms with van der Waals surface area (Å²) in [7, 11) is 0. The van der Waals surface area contributed by atoms with Gasteiger partial charge in [0.1, 0.15) is 0 Å². The van der Waals surface area contributed by atoms with E-state index in [9.17, 15) is 13.2 Å². The highest BCUT2D eigenvalue weighted by Gasteiger charge is 2.32. The van der Waals surface area contributed by atoms with Crippen LogP contribution in [0.15, 0.2) is 18.5 Å². The van der Waals surface area contributed by atoms with E-state index < -0.39 is 11.7 Å². The van der Waals surface area contributed by atoms with Crippen LogP contribution in [0, 0.1) is 6.92 Å². The van der Waals surface area contributed by atoms with Gasteiger partial charge in [0.25, 0.3) is 0 Å². The molecule has 1 aromatic heterocycles. The van der Waals surface area contributed by atoms with Crippen LogP contribution < -0.4 is 0 Å². The van der Waals surface area contributed by atoms with E-state index in [1.807, 2.05) is 0 Å². The summed E-state index contributed by atoms with van der Waals surface area (Å²) >= 11 is 0. The predicted molar refractivity (Wildman–Crippen MR) is 33.7 cm³/mol. The van der Waals surface area contributed by atoms with Crippen molar-refractivity contribution in [3.05, 3.63) is 36.5 Å². The molecule has 1 rings (SSSR count). The summed E-state index contributed by atoms with van der Waals surface area (Å²) in [5.41, 5.74) is -0.826. The second-order valence-corrected chi connectivity index (χ2v) is 2.03. The number of alkyl halides is 3. The normalized spacial score (nSPS) is 11.6. The van der Waals surface area contributed by atoms with Gasteiger partial charge in [0.15, 0.2) is 0 Å². The standard InChI is InChI=1S/C7H5F3N/c1-5-2-3-11-4-6(5)7(8,9)10/h2-4H,1H2.